The van der Waals surface area contributed by atoms with Crippen molar-refractivity contribution in [2.75, 3.05) is 27.7 Å². The highest BCUT2D eigenvalue weighted by atomic mass is 31.2. The summed E-state index contributed by atoms with van der Waals surface area (Å²) in [5.41, 5.74) is 0. The van der Waals surface area contributed by atoms with Crippen LogP contribution >= 0.6 is 7.60 Å². The molecule has 0 rings (SSSR count). The van der Waals surface area contributed by atoms with Crippen LogP contribution in [0.1, 0.15) is 110 Å². The molecular formula is C26H53NO4P+. The highest BCUT2D eigenvalue weighted by Gasteiger charge is 2.48. The number of hydrogen-bond acceptors (Lipinski definition) is 2. The summed E-state index contributed by atoms with van der Waals surface area (Å²) in [5, 5.41) is 8.63. The van der Waals surface area contributed by atoms with Crippen LogP contribution in [0.5, 0.6) is 0 Å². The Morgan fingerprint density at radius 1 is 0.688 bits per heavy atom. The van der Waals surface area contributed by atoms with Crippen molar-refractivity contribution < 1.29 is 23.9 Å². The van der Waals surface area contributed by atoms with Gasteiger partial charge in [0, 0.05) is 0 Å². The summed E-state index contributed by atoms with van der Waals surface area (Å²) in [6.45, 7) is 2.24. The van der Waals surface area contributed by atoms with Crippen molar-refractivity contribution in [2.24, 2.45) is 0 Å². The normalized spacial score (nSPS) is 15.1. The third kappa shape index (κ3) is 18.0. The molecule has 190 valence electrons. The zero-order chi connectivity index (χ0) is 24.3. The Bertz CT molecular complexity index is 551. The van der Waals surface area contributed by atoms with E-state index in [-0.39, 0.29) is 13.0 Å². The van der Waals surface area contributed by atoms with Gasteiger partial charge in [0.05, 0.1) is 21.1 Å². The number of hydrogen-bond donors (Lipinski definition) is 3. The Labute approximate surface area is 198 Å². The van der Waals surface area contributed by atoms with Gasteiger partial charge in [0.15, 0.2) is 0 Å². The number of rotatable bonds is 21. The first-order valence-corrected chi connectivity index (χ1v) is 14.5. The van der Waals surface area contributed by atoms with Crippen LogP contribution in [0.2, 0.25) is 0 Å². The Kier molecular flexibility index (Phi) is 17.7. The van der Waals surface area contributed by atoms with E-state index in [1.807, 2.05) is 21.1 Å². The van der Waals surface area contributed by atoms with E-state index in [0.29, 0.717) is 10.9 Å². The average Bonchev–Trinajstić information content (AvgIpc) is 2.67. The molecule has 0 bridgehead atoms. The molecule has 0 aromatic carbocycles. The van der Waals surface area contributed by atoms with E-state index >= 15 is 0 Å². The van der Waals surface area contributed by atoms with Crippen LogP contribution in [-0.2, 0) is 4.57 Å². The van der Waals surface area contributed by atoms with Gasteiger partial charge in [0.25, 0.3) is 0 Å². The molecule has 3 N–H and O–H groups in total. The van der Waals surface area contributed by atoms with Gasteiger partial charge in [0.2, 0.25) is 5.34 Å². The van der Waals surface area contributed by atoms with Crippen LogP contribution in [0.3, 0.4) is 0 Å². The maximum atomic E-state index is 11.8. The van der Waals surface area contributed by atoms with Crippen molar-refractivity contribution in [1.82, 2.24) is 0 Å². The van der Waals surface area contributed by atoms with Crippen molar-refractivity contribution in [3.05, 3.63) is 24.3 Å². The summed E-state index contributed by atoms with van der Waals surface area (Å²) in [4.78, 5) is 19.2. The van der Waals surface area contributed by atoms with Crippen molar-refractivity contribution in [3.63, 3.8) is 0 Å². The molecule has 0 aliphatic heterocycles. The van der Waals surface area contributed by atoms with Gasteiger partial charge in [-0.1, -0.05) is 76.2 Å². The topological polar surface area (TPSA) is 77.8 Å². The lowest BCUT2D eigenvalue weighted by molar-refractivity contribution is -0.875. The van der Waals surface area contributed by atoms with E-state index in [1.54, 1.807) is 0 Å². The highest BCUT2D eigenvalue weighted by Crippen LogP contribution is 2.52. The summed E-state index contributed by atoms with van der Waals surface area (Å²) >= 11 is 0. The molecule has 0 aliphatic carbocycles. The number of unbranched alkanes of at least 4 members (excludes halogenated alkanes) is 12. The molecule has 0 heterocycles. The first kappa shape index (κ1) is 31.6. The molecule has 32 heavy (non-hydrogen) atoms. The predicted molar refractivity (Wildman–Crippen MR) is 138 cm³/mol. The van der Waals surface area contributed by atoms with E-state index in [2.05, 4.69) is 31.2 Å². The standard InChI is InChI=1S/C26H52NO4P/c1-5-6-7-8-9-10-11-12-13-14-15-16-17-18-19-20-21-22-23-24-26(28,32(29,30)31)25-27(2,3)4/h6-7,14-15,28H,5,8-13,16-25H2,1-4H3,(H-,29,30,31)/p+1/b7-6-,15-14-. The fourth-order valence-corrected chi connectivity index (χ4v) is 5.09. The summed E-state index contributed by atoms with van der Waals surface area (Å²) in [6.07, 6.45) is 26.9. The van der Waals surface area contributed by atoms with Crippen LogP contribution in [-0.4, -0.2) is 52.4 Å². The second-order valence-corrected chi connectivity index (χ2v) is 12.3. The molecule has 0 fully saturated rings. The zero-order valence-electron chi connectivity index (χ0n) is 21.5. The first-order chi connectivity index (χ1) is 15.0. The third-order valence-corrected chi connectivity index (χ3v) is 7.23. The van der Waals surface area contributed by atoms with Gasteiger partial charge < -0.3 is 19.4 Å². The van der Waals surface area contributed by atoms with Crippen LogP contribution in [0, 0.1) is 0 Å². The van der Waals surface area contributed by atoms with Crippen molar-refractivity contribution in [3.8, 4) is 0 Å². The van der Waals surface area contributed by atoms with Crippen molar-refractivity contribution in [2.45, 2.75) is 115 Å². The van der Waals surface area contributed by atoms with Crippen molar-refractivity contribution >= 4 is 7.60 Å². The number of likely N-dealkylation sites (N-methyl/N-ethyl adjacent to an activating group) is 1. The minimum atomic E-state index is -4.55. The monoisotopic (exact) mass is 474 g/mol. The average molecular weight is 475 g/mol. The Morgan fingerprint density at radius 3 is 1.44 bits per heavy atom. The molecule has 6 heteroatoms. The SMILES string of the molecule is CC/C=C\CCCCCC/C=C\CCCCCCCCCC(O)(C[N+](C)(C)C)P(=O)(O)O. The largest absolute Gasteiger partial charge is 0.373 e. The molecule has 0 aromatic rings. The van der Waals surface area contributed by atoms with Gasteiger partial charge in [-0.15, -0.1) is 0 Å². The first-order valence-electron chi connectivity index (χ1n) is 12.9. The van der Waals surface area contributed by atoms with E-state index in [4.69, 9.17) is 0 Å². The molecule has 1 atom stereocenters. The van der Waals surface area contributed by atoms with Crippen LogP contribution in [0.15, 0.2) is 24.3 Å². The lowest BCUT2D eigenvalue weighted by Gasteiger charge is -2.35. The lowest BCUT2D eigenvalue weighted by atomic mass is 10.0. The van der Waals surface area contributed by atoms with Gasteiger partial charge in [-0.05, 0) is 57.8 Å². The van der Waals surface area contributed by atoms with Gasteiger partial charge in [-0.25, -0.2) is 0 Å². The van der Waals surface area contributed by atoms with E-state index in [1.165, 1.54) is 64.2 Å². The van der Waals surface area contributed by atoms with Crippen LogP contribution in [0.4, 0.5) is 0 Å². The Morgan fingerprint density at radius 2 is 1.06 bits per heavy atom. The summed E-state index contributed by atoms with van der Waals surface area (Å²) < 4.78 is 12.1. The van der Waals surface area contributed by atoms with Gasteiger partial charge >= 0.3 is 7.60 Å². The second-order valence-electron chi connectivity index (χ2n) is 10.3. The van der Waals surface area contributed by atoms with Gasteiger partial charge in [0.1, 0.15) is 6.54 Å². The van der Waals surface area contributed by atoms with Crippen molar-refractivity contribution in [1.29, 1.82) is 0 Å². The van der Waals surface area contributed by atoms with Crippen LogP contribution in [0.25, 0.3) is 0 Å². The summed E-state index contributed by atoms with van der Waals surface area (Å²) in [6, 6.07) is 0. The molecule has 5 nitrogen and oxygen atoms in total. The van der Waals surface area contributed by atoms with E-state index in [9.17, 15) is 19.5 Å². The second kappa shape index (κ2) is 18.0. The molecule has 0 saturated heterocycles. The summed E-state index contributed by atoms with van der Waals surface area (Å²) in [5.74, 6) is 0. The van der Waals surface area contributed by atoms with E-state index < -0.39 is 12.9 Å². The maximum Gasteiger partial charge on any atom is 0.362 e. The number of aliphatic hydroxyl groups is 1. The van der Waals surface area contributed by atoms with Gasteiger partial charge in [-0.2, -0.15) is 0 Å². The molecule has 0 aliphatic rings. The highest BCUT2D eigenvalue weighted by molar-refractivity contribution is 7.53. The predicted octanol–water partition coefficient (Wildman–Crippen LogP) is 6.93. The minimum absolute atomic E-state index is 0.0570. The lowest BCUT2D eigenvalue weighted by Crippen LogP contribution is -2.49. The maximum absolute atomic E-state index is 11.8. The Balaban J connectivity index is 3.63. The minimum Gasteiger partial charge on any atom is -0.373 e. The number of allylic oxidation sites excluding steroid dienone is 4. The molecule has 0 saturated carbocycles. The number of nitrogens with zero attached hydrogens (tertiary/aromatic N) is 1. The summed E-state index contributed by atoms with van der Waals surface area (Å²) in [7, 11) is 0.966. The molecular weight excluding hydrogens is 421 g/mol. The van der Waals surface area contributed by atoms with E-state index in [0.717, 1.165) is 25.7 Å². The van der Waals surface area contributed by atoms with Crippen LogP contribution < -0.4 is 0 Å². The zero-order valence-corrected chi connectivity index (χ0v) is 22.4. The molecule has 0 aromatic heterocycles. The molecule has 0 radical (unpaired) electrons. The fourth-order valence-electron chi connectivity index (χ4n) is 4.03. The molecule has 0 amide bonds. The fraction of sp³-hybridized carbons (Fsp3) is 0.846. The molecule has 1 unspecified atom stereocenters. The third-order valence-electron chi connectivity index (χ3n) is 5.78. The quantitative estimate of drug-likeness (QED) is 0.0729. The Hall–Kier alpha value is -0.450. The molecule has 0 spiro atoms. The number of quaternary nitrogens is 1. The van der Waals surface area contributed by atoms with Gasteiger partial charge in [-0.3, -0.25) is 4.57 Å². The smallest absolute Gasteiger partial charge is 0.362 e.